The third kappa shape index (κ3) is 4.40. The molecule has 3 aromatic rings. The fourth-order valence-corrected chi connectivity index (χ4v) is 4.15. The summed E-state index contributed by atoms with van der Waals surface area (Å²) in [5.41, 5.74) is 0.522. The molecule has 3 aromatic heterocycles. The molecule has 4 heterocycles. The summed E-state index contributed by atoms with van der Waals surface area (Å²) in [4.78, 5) is 20.5. The van der Waals surface area contributed by atoms with Crippen LogP contribution in [0.2, 0.25) is 0 Å². The number of nitrogens with zero attached hydrogens (tertiary/aromatic N) is 5. The number of ether oxygens (including phenoxy) is 2. The lowest BCUT2D eigenvalue weighted by Gasteiger charge is -2.37. The first kappa shape index (κ1) is 20.2. The van der Waals surface area contributed by atoms with Gasteiger partial charge < -0.3 is 14.4 Å². The van der Waals surface area contributed by atoms with E-state index < -0.39 is 6.61 Å². The first-order valence-corrected chi connectivity index (χ1v) is 10.2. The number of hydrogen-bond acceptors (Lipinski definition) is 7. The zero-order chi connectivity index (χ0) is 21.1. The summed E-state index contributed by atoms with van der Waals surface area (Å²) in [5, 5.41) is 10.7. The molecule has 2 unspecified atom stereocenters. The SMILES string of the molecule is CC1CCC(Oc2cc(OC(F)F)ccn2)CN1C(=O)c1ccsc1-n1nccn1. The molecule has 2 atom stereocenters. The zero-order valence-electron chi connectivity index (χ0n) is 16.0. The van der Waals surface area contributed by atoms with E-state index in [1.807, 2.05) is 12.3 Å². The fraction of sp³-hybridized carbons (Fsp3) is 0.368. The molecule has 11 heteroatoms. The molecule has 0 aliphatic carbocycles. The Morgan fingerprint density at radius 2 is 2.03 bits per heavy atom. The molecule has 4 rings (SSSR count). The standard InChI is InChI=1S/C19H19F2N5O3S/c1-12-2-3-14(28-16-10-13(4-6-22-16)29-19(20)21)11-25(12)17(27)15-5-9-30-18(15)26-23-7-8-24-26/h4-10,12,14,19H,2-3,11H2,1H3. The summed E-state index contributed by atoms with van der Waals surface area (Å²) in [6.45, 7) is -0.585. The summed E-state index contributed by atoms with van der Waals surface area (Å²) in [6, 6.07) is 4.43. The second kappa shape index (κ2) is 8.74. The van der Waals surface area contributed by atoms with Crippen LogP contribution in [0.25, 0.3) is 5.00 Å². The molecular formula is C19H19F2N5O3S. The largest absolute Gasteiger partial charge is 0.472 e. The lowest BCUT2D eigenvalue weighted by molar-refractivity contribution is -0.0501. The Labute approximate surface area is 175 Å². The van der Waals surface area contributed by atoms with Crippen molar-refractivity contribution in [2.75, 3.05) is 6.54 Å². The second-order valence-corrected chi connectivity index (χ2v) is 7.68. The van der Waals surface area contributed by atoms with Crippen LogP contribution in [0.5, 0.6) is 11.6 Å². The Balaban J connectivity index is 1.48. The Bertz CT molecular complexity index is 998. The monoisotopic (exact) mass is 435 g/mol. The molecule has 0 spiro atoms. The zero-order valence-corrected chi connectivity index (χ0v) is 16.8. The Kier molecular flexibility index (Phi) is 5.88. The van der Waals surface area contributed by atoms with Gasteiger partial charge in [0, 0.05) is 18.3 Å². The van der Waals surface area contributed by atoms with E-state index in [1.54, 1.807) is 23.4 Å². The van der Waals surface area contributed by atoms with Crippen LogP contribution in [-0.4, -0.2) is 56.1 Å². The van der Waals surface area contributed by atoms with Gasteiger partial charge in [-0.05, 0) is 37.3 Å². The van der Waals surface area contributed by atoms with Gasteiger partial charge in [0.05, 0.1) is 24.5 Å². The highest BCUT2D eigenvalue weighted by molar-refractivity contribution is 7.12. The van der Waals surface area contributed by atoms with Crippen molar-refractivity contribution in [2.45, 2.75) is 38.5 Å². The van der Waals surface area contributed by atoms with Crippen LogP contribution >= 0.6 is 11.3 Å². The molecule has 0 radical (unpaired) electrons. The van der Waals surface area contributed by atoms with E-state index in [-0.39, 0.29) is 29.7 Å². The molecule has 1 fully saturated rings. The number of rotatable bonds is 6. The summed E-state index contributed by atoms with van der Waals surface area (Å²) in [7, 11) is 0. The number of aromatic nitrogens is 4. The van der Waals surface area contributed by atoms with Gasteiger partial charge in [0.25, 0.3) is 5.91 Å². The number of hydrogen-bond donors (Lipinski definition) is 0. The summed E-state index contributed by atoms with van der Waals surface area (Å²) in [5.74, 6) is 0.0194. The third-order valence-electron chi connectivity index (χ3n) is 4.79. The fourth-order valence-electron chi connectivity index (χ4n) is 3.35. The Morgan fingerprint density at radius 1 is 1.23 bits per heavy atom. The minimum Gasteiger partial charge on any atom is -0.472 e. The molecule has 1 saturated heterocycles. The van der Waals surface area contributed by atoms with Gasteiger partial charge in [0.1, 0.15) is 11.9 Å². The van der Waals surface area contributed by atoms with Crippen LogP contribution in [0.1, 0.15) is 30.1 Å². The van der Waals surface area contributed by atoms with Crippen molar-refractivity contribution in [3.63, 3.8) is 0 Å². The number of likely N-dealkylation sites (tertiary alicyclic amines) is 1. The van der Waals surface area contributed by atoms with Crippen LogP contribution in [-0.2, 0) is 0 Å². The van der Waals surface area contributed by atoms with Crippen LogP contribution in [0.15, 0.2) is 42.2 Å². The molecule has 0 saturated carbocycles. The van der Waals surface area contributed by atoms with E-state index in [9.17, 15) is 13.6 Å². The quantitative estimate of drug-likeness (QED) is 0.590. The molecule has 1 aliphatic heterocycles. The number of alkyl halides is 2. The summed E-state index contributed by atoms with van der Waals surface area (Å²) in [6.07, 6.45) is 5.59. The van der Waals surface area contributed by atoms with E-state index in [4.69, 9.17) is 4.74 Å². The van der Waals surface area contributed by atoms with E-state index in [1.165, 1.54) is 34.5 Å². The Hall–Kier alpha value is -3.08. The lowest BCUT2D eigenvalue weighted by Crippen LogP contribution is -2.49. The molecule has 0 N–H and O–H groups in total. The van der Waals surface area contributed by atoms with Gasteiger partial charge in [-0.3, -0.25) is 4.79 Å². The number of pyridine rings is 1. The average molecular weight is 435 g/mol. The van der Waals surface area contributed by atoms with Gasteiger partial charge >= 0.3 is 6.61 Å². The van der Waals surface area contributed by atoms with Gasteiger partial charge in [-0.1, -0.05) is 0 Å². The number of thiophene rings is 1. The molecule has 0 aromatic carbocycles. The molecular weight excluding hydrogens is 416 g/mol. The molecule has 1 amide bonds. The minimum atomic E-state index is -2.92. The van der Waals surface area contributed by atoms with Crippen LogP contribution in [0, 0.1) is 0 Å². The van der Waals surface area contributed by atoms with Crippen molar-refractivity contribution in [1.29, 1.82) is 0 Å². The topological polar surface area (TPSA) is 82.4 Å². The number of carbonyl (C=O) groups is 1. The molecule has 1 aliphatic rings. The van der Waals surface area contributed by atoms with Gasteiger partial charge in [-0.25, -0.2) is 4.98 Å². The van der Waals surface area contributed by atoms with Gasteiger partial charge in [-0.15, -0.1) is 16.1 Å². The maximum absolute atomic E-state index is 13.2. The molecule has 0 bridgehead atoms. The minimum absolute atomic E-state index is 0.0251. The van der Waals surface area contributed by atoms with Crippen LogP contribution in [0.4, 0.5) is 8.78 Å². The normalized spacial score (nSPS) is 19.1. The lowest BCUT2D eigenvalue weighted by atomic mass is 10.0. The van der Waals surface area contributed by atoms with Crippen molar-refractivity contribution in [2.24, 2.45) is 0 Å². The average Bonchev–Trinajstić information content (AvgIpc) is 3.40. The predicted octanol–water partition coefficient (Wildman–Crippen LogP) is 3.40. The van der Waals surface area contributed by atoms with Crippen LogP contribution < -0.4 is 9.47 Å². The van der Waals surface area contributed by atoms with E-state index in [2.05, 4.69) is 19.9 Å². The highest BCUT2D eigenvalue weighted by Gasteiger charge is 2.32. The second-order valence-electron chi connectivity index (χ2n) is 6.79. The summed E-state index contributed by atoms with van der Waals surface area (Å²) < 4.78 is 35.1. The van der Waals surface area contributed by atoms with Gasteiger partial charge in [-0.2, -0.15) is 19.0 Å². The first-order chi connectivity index (χ1) is 14.5. The maximum Gasteiger partial charge on any atom is 0.387 e. The molecule has 30 heavy (non-hydrogen) atoms. The van der Waals surface area contributed by atoms with Crippen molar-refractivity contribution >= 4 is 17.2 Å². The van der Waals surface area contributed by atoms with E-state index in [0.29, 0.717) is 23.5 Å². The van der Waals surface area contributed by atoms with Crippen LogP contribution in [0.3, 0.4) is 0 Å². The van der Waals surface area contributed by atoms with Gasteiger partial charge in [0.15, 0.2) is 5.00 Å². The van der Waals surface area contributed by atoms with Crippen molar-refractivity contribution < 1.29 is 23.0 Å². The number of halogens is 2. The van der Waals surface area contributed by atoms with Crippen molar-refractivity contribution in [3.05, 3.63) is 47.7 Å². The molecule has 8 nitrogen and oxygen atoms in total. The number of carbonyl (C=O) groups excluding carboxylic acids is 1. The van der Waals surface area contributed by atoms with Crippen molar-refractivity contribution in [1.82, 2.24) is 24.9 Å². The Morgan fingerprint density at radius 3 is 2.80 bits per heavy atom. The van der Waals surface area contributed by atoms with Crippen molar-refractivity contribution in [3.8, 4) is 16.6 Å². The third-order valence-corrected chi connectivity index (χ3v) is 5.67. The first-order valence-electron chi connectivity index (χ1n) is 9.34. The van der Waals surface area contributed by atoms with E-state index >= 15 is 0 Å². The van der Waals surface area contributed by atoms with Gasteiger partial charge in [0.2, 0.25) is 5.88 Å². The molecule has 158 valence electrons. The number of amides is 1. The maximum atomic E-state index is 13.2. The predicted molar refractivity (Wildman–Crippen MR) is 104 cm³/mol. The smallest absolute Gasteiger partial charge is 0.387 e. The van der Waals surface area contributed by atoms with E-state index in [0.717, 1.165) is 6.42 Å². The number of piperidine rings is 1. The highest BCUT2D eigenvalue weighted by atomic mass is 32.1. The highest BCUT2D eigenvalue weighted by Crippen LogP contribution is 2.28. The summed E-state index contributed by atoms with van der Waals surface area (Å²) >= 11 is 1.38.